The molecule has 0 saturated carbocycles. The standard InChI is InChI=1S/C17H26N2O2/c1-3-10-19(11-12-20)17(21)18-16-13(2)8-9-14-6-4-5-7-15(14)16/h4-7,13,16,20H,3,8-12H2,1-2H3,(H,18,21). The molecule has 2 unspecified atom stereocenters. The highest BCUT2D eigenvalue weighted by Gasteiger charge is 2.28. The minimum Gasteiger partial charge on any atom is -0.395 e. The third-order valence-electron chi connectivity index (χ3n) is 4.26. The van der Waals surface area contributed by atoms with Crippen molar-refractivity contribution >= 4 is 6.03 Å². The Morgan fingerprint density at radius 1 is 1.38 bits per heavy atom. The number of aryl methyl sites for hydroxylation is 1. The number of aliphatic hydroxyl groups excluding tert-OH is 1. The first-order valence-electron chi connectivity index (χ1n) is 7.91. The summed E-state index contributed by atoms with van der Waals surface area (Å²) in [6, 6.07) is 8.36. The van der Waals surface area contributed by atoms with Crippen molar-refractivity contribution in [2.24, 2.45) is 5.92 Å². The van der Waals surface area contributed by atoms with Crippen LogP contribution in [0.5, 0.6) is 0 Å². The Balaban J connectivity index is 2.12. The zero-order valence-corrected chi connectivity index (χ0v) is 13.0. The third-order valence-corrected chi connectivity index (χ3v) is 4.26. The van der Waals surface area contributed by atoms with Crippen molar-refractivity contribution < 1.29 is 9.90 Å². The zero-order valence-electron chi connectivity index (χ0n) is 13.0. The first-order valence-corrected chi connectivity index (χ1v) is 7.91. The summed E-state index contributed by atoms with van der Waals surface area (Å²) in [5, 5.41) is 12.3. The van der Waals surface area contributed by atoms with Crippen LogP contribution in [-0.4, -0.2) is 35.7 Å². The lowest BCUT2D eigenvalue weighted by Gasteiger charge is -2.34. The molecule has 4 heteroatoms. The zero-order chi connectivity index (χ0) is 15.2. The number of nitrogens with zero attached hydrogens (tertiary/aromatic N) is 1. The molecular formula is C17H26N2O2. The molecule has 2 atom stereocenters. The number of rotatable bonds is 5. The molecule has 0 spiro atoms. The van der Waals surface area contributed by atoms with E-state index < -0.39 is 0 Å². The summed E-state index contributed by atoms with van der Waals surface area (Å²) in [5.74, 6) is 0.432. The van der Waals surface area contributed by atoms with Gasteiger partial charge in [-0.3, -0.25) is 0 Å². The van der Waals surface area contributed by atoms with E-state index in [0.29, 0.717) is 19.0 Å². The molecule has 1 aromatic rings. The largest absolute Gasteiger partial charge is 0.395 e. The van der Waals surface area contributed by atoms with Crippen molar-refractivity contribution in [1.29, 1.82) is 0 Å². The minimum atomic E-state index is -0.0700. The molecule has 0 bridgehead atoms. The van der Waals surface area contributed by atoms with Gasteiger partial charge in [-0.25, -0.2) is 4.79 Å². The smallest absolute Gasteiger partial charge is 0.317 e. The highest BCUT2D eigenvalue weighted by Crippen LogP contribution is 2.34. The van der Waals surface area contributed by atoms with E-state index in [0.717, 1.165) is 19.3 Å². The summed E-state index contributed by atoms with van der Waals surface area (Å²) in [6.07, 6.45) is 3.07. The van der Waals surface area contributed by atoms with Gasteiger partial charge in [0.05, 0.1) is 12.6 Å². The molecule has 0 fully saturated rings. The second-order valence-electron chi connectivity index (χ2n) is 5.85. The molecule has 1 aliphatic carbocycles. The van der Waals surface area contributed by atoms with E-state index >= 15 is 0 Å². The van der Waals surface area contributed by atoms with Crippen LogP contribution in [0.1, 0.15) is 43.9 Å². The molecule has 0 aromatic heterocycles. The quantitative estimate of drug-likeness (QED) is 0.876. The minimum absolute atomic E-state index is 0.00419. The molecular weight excluding hydrogens is 264 g/mol. The van der Waals surface area contributed by atoms with Crippen LogP contribution in [0, 0.1) is 5.92 Å². The average molecular weight is 290 g/mol. The van der Waals surface area contributed by atoms with Crippen molar-refractivity contribution in [2.45, 2.75) is 39.2 Å². The predicted octanol–water partition coefficient (Wildman–Crippen LogP) is 2.72. The molecule has 2 amide bonds. The van der Waals surface area contributed by atoms with E-state index in [1.165, 1.54) is 11.1 Å². The summed E-state index contributed by atoms with van der Waals surface area (Å²) in [7, 11) is 0. The van der Waals surface area contributed by atoms with Crippen LogP contribution in [0.25, 0.3) is 0 Å². The molecule has 4 nitrogen and oxygen atoms in total. The first-order chi connectivity index (χ1) is 10.2. The number of nitrogens with one attached hydrogen (secondary N) is 1. The Hall–Kier alpha value is -1.55. The summed E-state index contributed by atoms with van der Waals surface area (Å²) in [5.41, 5.74) is 2.58. The normalized spacial score (nSPS) is 20.7. The van der Waals surface area contributed by atoms with Gasteiger partial charge >= 0.3 is 6.03 Å². The Bertz CT molecular complexity index is 470. The van der Waals surface area contributed by atoms with Gasteiger partial charge in [-0.2, -0.15) is 0 Å². The highest BCUT2D eigenvalue weighted by atomic mass is 16.3. The number of carbonyl (C=O) groups is 1. The molecule has 0 radical (unpaired) electrons. The number of hydrogen-bond acceptors (Lipinski definition) is 2. The van der Waals surface area contributed by atoms with Gasteiger partial charge in [-0.1, -0.05) is 38.1 Å². The topological polar surface area (TPSA) is 52.6 Å². The van der Waals surface area contributed by atoms with Gasteiger partial charge in [0.1, 0.15) is 0 Å². The van der Waals surface area contributed by atoms with E-state index in [1.54, 1.807) is 4.90 Å². The molecule has 116 valence electrons. The van der Waals surface area contributed by atoms with Crippen LogP contribution in [-0.2, 0) is 6.42 Å². The molecule has 0 saturated heterocycles. The van der Waals surface area contributed by atoms with E-state index in [-0.39, 0.29) is 18.7 Å². The molecule has 21 heavy (non-hydrogen) atoms. The Kier molecular flexibility index (Phi) is 5.62. The van der Waals surface area contributed by atoms with Crippen LogP contribution in [0.3, 0.4) is 0 Å². The fourth-order valence-corrected chi connectivity index (χ4v) is 3.07. The number of carbonyl (C=O) groups excluding carboxylic acids is 1. The van der Waals surface area contributed by atoms with Crippen molar-refractivity contribution in [1.82, 2.24) is 10.2 Å². The maximum Gasteiger partial charge on any atom is 0.317 e. The van der Waals surface area contributed by atoms with Crippen molar-refractivity contribution in [3.8, 4) is 0 Å². The monoisotopic (exact) mass is 290 g/mol. The number of amides is 2. The lowest BCUT2D eigenvalue weighted by atomic mass is 9.81. The highest BCUT2D eigenvalue weighted by molar-refractivity contribution is 5.75. The van der Waals surface area contributed by atoms with E-state index in [4.69, 9.17) is 5.11 Å². The average Bonchev–Trinajstić information content (AvgIpc) is 2.50. The lowest BCUT2D eigenvalue weighted by molar-refractivity contribution is 0.169. The number of hydrogen-bond donors (Lipinski definition) is 2. The summed E-state index contributed by atoms with van der Waals surface area (Å²) in [4.78, 5) is 14.1. The maximum atomic E-state index is 12.5. The van der Waals surface area contributed by atoms with Gasteiger partial charge in [-0.15, -0.1) is 0 Å². The van der Waals surface area contributed by atoms with Crippen LogP contribution >= 0.6 is 0 Å². The second-order valence-corrected chi connectivity index (χ2v) is 5.85. The SMILES string of the molecule is CCCN(CCO)C(=O)NC1c2ccccc2CCC1C. The molecule has 2 rings (SSSR count). The molecule has 1 aliphatic rings. The van der Waals surface area contributed by atoms with Gasteiger partial charge in [0, 0.05) is 13.1 Å². The lowest BCUT2D eigenvalue weighted by Crippen LogP contribution is -2.45. The molecule has 1 aromatic carbocycles. The van der Waals surface area contributed by atoms with Gasteiger partial charge < -0.3 is 15.3 Å². The fraction of sp³-hybridized carbons (Fsp3) is 0.588. The summed E-state index contributed by atoms with van der Waals surface area (Å²) < 4.78 is 0. The number of urea groups is 1. The number of fused-ring (bicyclic) bond motifs is 1. The van der Waals surface area contributed by atoms with E-state index in [1.807, 2.05) is 13.0 Å². The fourth-order valence-electron chi connectivity index (χ4n) is 3.07. The van der Waals surface area contributed by atoms with Gasteiger partial charge in [-0.05, 0) is 36.3 Å². The van der Waals surface area contributed by atoms with Crippen LogP contribution in [0.2, 0.25) is 0 Å². The Labute approximate surface area is 127 Å². The third kappa shape index (κ3) is 3.76. The molecule has 0 heterocycles. The number of aliphatic hydroxyl groups is 1. The second kappa shape index (κ2) is 7.46. The van der Waals surface area contributed by atoms with Crippen LogP contribution in [0.15, 0.2) is 24.3 Å². The van der Waals surface area contributed by atoms with Gasteiger partial charge in [0.2, 0.25) is 0 Å². The summed E-state index contributed by atoms with van der Waals surface area (Å²) >= 11 is 0. The maximum absolute atomic E-state index is 12.5. The van der Waals surface area contributed by atoms with Crippen molar-refractivity contribution in [3.63, 3.8) is 0 Å². The first kappa shape index (κ1) is 15.8. The molecule has 2 N–H and O–H groups in total. The van der Waals surface area contributed by atoms with E-state index in [9.17, 15) is 4.79 Å². The van der Waals surface area contributed by atoms with Crippen LogP contribution in [0.4, 0.5) is 4.79 Å². The summed E-state index contributed by atoms with van der Waals surface area (Å²) in [6.45, 7) is 5.30. The Morgan fingerprint density at radius 3 is 2.86 bits per heavy atom. The van der Waals surface area contributed by atoms with Crippen molar-refractivity contribution in [3.05, 3.63) is 35.4 Å². The van der Waals surface area contributed by atoms with Gasteiger partial charge in [0.15, 0.2) is 0 Å². The van der Waals surface area contributed by atoms with Crippen LogP contribution < -0.4 is 5.32 Å². The van der Waals surface area contributed by atoms with E-state index in [2.05, 4.69) is 30.4 Å². The van der Waals surface area contributed by atoms with Gasteiger partial charge in [0.25, 0.3) is 0 Å². The molecule has 0 aliphatic heterocycles. The van der Waals surface area contributed by atoms with Crippen molar-refractivity contribution in [2.75, 3.05) is 19.7 Å². The Morgan fingerprint density at radius 2 is 2.14 bits per heavy atom. The number of benzene rings is 1. The predicted molar refractivity (Wildman–Crippen MR) is 84.1 cm³/mol.